The van der Waals surface area contributed by atoms with Crippen molar-refractivity contribution in [3.05, 3.63) is 52.0 Å². The average molecular weight is 532 g/mol. The Labute approximate surface area is 204 Å². The van der Waals surface area contributed by atoms with E-state index in [4.69, 9.17) is 79.7 Å². The molecule has 6 nitrogen and oxygen atoms in total. The van der Waals surface area contributed by atoms with E-state index in [1.807, 2.05) is 0 Å². The van der Waals surface area contributed by atoms with Crippen LogP contribution >= 0.6 is 70.2 Å². The summed E-state index contributed by atoms with van der Waals surface area (Å²) in [6.45, 7) is 0. The molecule has 1 amide bonds. The Kier molecular flexibility index (Phi) is 8.97. The first-order chi connectivity index (χ1) is 14.0. The lowest BCUT2D eigenvalue weighted by Crippen LogP contribution is -2.56. The maximum Gasteiger partial charge on any atom is 0.253 e. The molecular weight excluding hydrogens is 516 g/mol. The van der Waals surface area contributed by atoms with Crippen molar-refractivity contribution >= 4 is 86.9 Å². The minimum atomic E-state index is -1.92. The Hall–Kier alpha value is -1.35. The number of thiocarbonyl (C=S) groups is 1. The summed E-state index contributed by atoms with van der Waals surface area (Å²) in [5.41, 5.74) is 0.813. The molecule has 2 aromatic carbocycles. The molecule has 3 N–H and O–H groups in total. The Morgan fingerprint density at radius 1 is 0.967 bits per heavy atom. The highest BCUT2D eigenvalue weighted by Gasteiger charge is 2.35. The van der Waals surface area contributed by atoms with Crippen molar-refractivity contribution in [3.63, 3.8) is 0 Å². The second-order valence-electron chi connectivity index (χ2n) is 5.75. The monoisotopic (exact) mass is 529 g/mol. The quantitative estimate of drug-likeness (QED) is 0.263. The van der Waals surface area contributed by atoms with Crippen molar-refractivity contribution in [1.82, 2.24) is 10.6 Å². The number of hydrogen-bond donors (Lipinski definition) is 3. The van der Waals surface area contributed by atoms with Gasteiger partial charge in [0.05, 0.1) is 24.3 Å². The molecule has 0 saturated carbocycles. The Morgan fingerprint density at radius 2 is 1.63 bits per heavy atom. The topological polar surface area (TPSA) is 71.6 Å². The summed E-state index contributed by atoms with van der Waals surface area (Å²) in [5, 5.41) is 9.02. The number of benzene rings is 2. The zero-order valence-corrected chi connectivity index (χ0v) is 20.2. The smallest absolute Gasteiger partial charge is 0.253 e. The molecule has 0 aromatic heterocycles. The second kappa shape index (κ2) is 10.8. The van der Waals surface area contributed by atoms with E-state index in [0.717, 1.165) is 0 Å². The van der Waals surface area contributed by atoms with Crippen LogP contribution in [-0.4, -0.2) is 35.2 Å². The maximum atomic E-state index is 12.7. The lowest BCUT2D eigenvalue weighted by atomic mass is 10.2. The van der Waals surface area contributed by atoms with E-state index in [9.17, 15) is 4.79 Å². The van der Waals surface area contributed by atoms with Crippen LogP contribution in [0.1, 0.15) is 10.4 Å². The molecular formula is C18H16Cl5N3O3S. The number of alkyl halides is 3. The fraction of sp³-hybridized carbons (Fsp3) is 0.222. The number of anilines is 1. The summed E-state index contributed by atoms with van der Waals surface area (Å²) < 4.78 is 8.43. The molecule has 0 aliphatic rings. The van der Waals surface area contributed by atoms with Gasteiger partial charge in [-0.25, -0.2) is 0 Å². The number of ether oxygens (including phenoxy) is 2. The first-order valence-corrected chi connectivity index (χ1v) is 10.5. The molecule has 2 aromatic rings. The van der Waals surface area contributed by atoms with Crippen LogP contribution in [0.15, 0.2) is 36.4 Å². The summed E-state index contributed by atoms with van der Waals surface area (Å²) >= 11 is 35.2. The van der Waals surface area contributed by atoms with Gasteiger partial charge in [-0.1, -0.05) is 58.0 Å². The SMILES string of the molecule is COc1ccc(C(=O)N[C@@H](NC(=S)Nc2ccc(Cl)c(Cl)c2)C(Cl)(Cl)Cl)cc1OC. The lowest BCUT2D eigenvalue weighted by molar-refractivity contribution is 0.0934. The van der Waals surface area contributed by atoms with Crippen LogP contribution in [0.2, 0.25) is 10.0 Å². The van der Waals surface area contributed by atoms with Gasteiger partial charge < -0.3 is 25.4 Å². The van der Waals surface area contributed by atoms with Crippen molar-refractivity contribution in [2.24, 2.45) is 0 Å². The number of halogens is 5. The van der Waals surface area contributed by atoms with Gasteiger partial charge in [-0.3, -0.25) is 4.79 Å². The van der Waals surface area contributed by atoms with E-state index in [1.54, 1.807) is 30.3 Å². The molecule has 0 aliphatic carbocycles. The molecule has 12 heteroatoms. The molecule has 0 unspecified atom stereocenters. The van der Waals surface area contributed by atoms with Crippen LogP contribution in [0.25, 0.3) is 0 Å². The molecule has 0 aliphatic heterocycles. The Morgan fingerprint density at radius 3 is 2.20 bits per heavy atom. The van der Waals surface area contributed by atoms with E-state index >= 15 is 0 Å². The van der Waals surface area contributed by atoms with E-state index in [-0.39, 0.29) is 10.7 Å². The summed E-state index contributed by atoms with van der Waals surface area (Å²) in [6.07, 6.45) is -1.16. The van der Waals surface area contributed by atoms with Crippen molar-refractivity contribution in [1.29, 1.82) is 0 Å². The van der Waals surface area contributed by atoms with Gasteiger partial charge in [0.25, 0.3) is 5.91 Å². The summed E-state index contributed by atoms with van der Waals surface area (Å²) in [6, 6.07) is 9.45. The standard InChI is InChI=1S/C18H16Cl5N3O3S/c1-28-13-6-3-9(7-14(13)29-2)15(27)25-16(18(21,22)23)26-17(30)24-10-4-5-11(19)12(20)8-10/h3-8,16H,1-2H3,(H,25,27)(H2,24,26,30)/t16-/m0/s1. The number of rotatable bonds is 6. The number of nitrogens with one attached hydrogen (secondary N) is 3. The van der Waals surface area contributed by atoms with Crippen LogP contribution < -0.4 is 25.4 Å². The molecule has 0 fully saturated rings. The molecule has 162 valence electrons. The minimum absolute atomic E-state index is 0.0809. The normalized spacial score (nSPS) is 12.0. The van der Waals surface area contributed by atoms with Crippen molar-refractivity contribution in [2.75, 3.05) is 19.5 Å². The zero-order chi connectivity index (χ0) is 22.5. The van der Waals surface area contributed by atoms with Crippen LogP contribution in [0.3, 0.4) is 0 Å². The zero-order valence-electron chi connectivity index (χ0n) is 15.6. The van der Waals surface area contributed by atoms with Crippen LogP contribution in [0.5, 0.6) is 11.5 Å². The largest absolute Gasteiger partial charge is 0.493 e. The van der Waals surface area contributed by atoms with Gasteiger partial charge in [-0.15, -0.1) is 0 Å². The number of amides is 1. The number of carbonyl (C=O) groups excluding carboxylic acids is 1. The van der Waals surface area contributed by atoms with E-state index in [0.29, 0.717) is 27.2 Å². The Balaban J connectivity index is 2.13. The van der Waals surface area contributed by atoms with E-state index < -0.39 is 15.9 Å². The molecule has 0 spiro atoms. The van der Waals surface area contributed by atoms with Gasteiger partial charge >= 0.3 is 0 Å². The third-order valence-electron chi connectivity index (χ3n) is 3.70. The molecule has 0 heterocycles. The fourth-order valence-electron chi connectivity index (χ4n) is 2.26. The first kappa shape index (κ1) is 24.9. The number of carbonyl (C=O) groups is 1. The molecule has 30 heavy (non-hydrogen) atoms. The van der Waals surface area contributed by atoms with Crippen molar-refractivity contribution < 1.29 is 14.3 Å². The second-order valence-corrected chi connectivity index (χ2v) is 9.34. The molecule has 0 bridgehead atoms. The van der Waals surface area contributed by atoms with Crippen LogP contribution in [0.4, 0.5) is 5.69 Å². The minimum Gasteiger partial charge on any atom is -0.493 e. The van der Waals surface area contributed by atoms with Gasteiger partial charge in [0.2, 0.25) is 3.79 Å². The predicted octanol–water partition coefficient (Wildman–Crippen LogP) is 5.42. The van der Waals surface area contributed by atoms with Crippen molar-refractivity contribution in [3.8, 4) is 11.5 Å². The summed E-state index contributed by atoms with van der Waals surface area (Å²) in [4.78, 5) is 12.7. The molecule has 0 saturated heterocycles. The summed E-state index contributed by atoms with van der Waals surface area (Å²) in [7, 11) is 2.94. The maximum absolute atomic E-state index is 12.7. The molecule has 0 radical (unpaired) electrons. The average Bonchev–Trinajstić information content (AvgIpc) is 2.68. The number of methoxy groups -OCH3 is 2. The van der Waals surface area contributed by atoms with Gasteiger partial charge in [-0.05, 0) is 48.6 Å². The highest BCUT2D eigenvalue weighted by molar-refractivity contribution is 7.80. The van der Waals surface area contributed by atoms with Gasteiger partial charge in [0, 0.05) is 11.3 Å². The fourth-order valence-corrected chi connectivity index (χ4v) is 3.12. The van der Waals surface area contributed by atoms with Gasteiger partial charge in [-0.2, -0.15) is 0 Å². The van der Waals surface area contributed by atoms with Gasteiger partial charge in [0.15, 0.2) is 16.6 Å². The molecule has 1 atom stereocenters. The van der Waals surface area contributed by atoms with E-state index in [1.165, 1.54) is 20.3 Å². The number of hydrogen-bond acceptors (Lipinski definition) is 4. The highest BCUT2D eigenvalue weighted by Crippen LogP contribution is 2.31. The van der Waals surface area contributed by atoms with E-state index in [2.05, 4.69) is 16.0 Å². The predicted molar refractivity (Wildman–Crippen MR) is 127 cm³/mol. The molecule has 2 rings (SSSR count). The Bertz CT molecular complexity index is 940. The lowest BCUT2D eigenvalue weighted by Gasteiger charge is -2.28. The third-order valence-corrected chi connectivity index (χ3v) is 5.31. The third kappa shape index (κ3) is 6.83. The van der Waals surface area contributed by atoms with Gasteiger partial charge in [0.1, 0.15) is 6.17 Å². The van der Waals surface area contributed by atoms with Crippen molar-refractivity contribution in [2.45, 2.75) is 9.96 Å². The first-order valence-electron chi connectivity index (χ1n) is 8.17. The van der Waals surface area contributed by atoms with Crippen LogP contribution in [-0.2, 0) is 0 Å². The highest BCUT2D eigenvalue weighted by atomic mass is 35.6. The van der Waals surface area contributed by atoms with Crippen LogP contribution in [0, 0.1) is 0 Å². The summed E-state index contributed by atoms with van der Waals surface area (Å²) in [5.74, 6) is 0.314.